The number of aliphatic hydroxyl groups excluding tert-OH is 1. The number of aryl methyl sites for hydroxylation is 1. The first kappa shape index (κ1) is 50.9. The van der Waals surface area contributed by atoms with E-state index in [2.05, 4.69) is 0 Å². The second kappa shape index (κ2) is 19.1. The van der Waals surface area contributed by atoms with E-state index in [1.54, 1.807) is 60.7 Å². The van der Waals surface area contributed by atoms with Crippen molar-refractivity contribution in [3.63, 3.8) is 0 Å². The third kappa shape index (κ3) is 9.96. The van der Waals surface area contributed by atoms with Crippen molar-refractivity contribution < 1.29 is 103 Å². The topological polar surface area (TPSA) is 66.4 Å². The number of ether oxygens (including phenoxy) is 5. The number of hydrogen-bond acceptors (Lipinski definition) is 6. The van der Waals surface area contributed by atoms with Crippen LogP contribution in [0.1, 0.15) is 35.1 Å². The summed E-state index contributed by atoms with van der Waals surface area (Å²) in [6, 6.07) is 22.9. The molecule has 1 N–H and O–H groups in total. The average Bonchev–Trinajstić information content (AvgIpc) is 3.21. The number of halogens is 17. The van der Waals surface area contributed by atoms with E-state index in [0.29, 0.717) is 5.56 Å². The van der Waals surface area contributed by atoms with E-state index in [1.807, 2.05) is 0 Å². The number of hydrogen-bond donors (Lipinski definition) is 1. The first-order chi connectivity index (χ1) is 28.6. The van der Waals surface area contributed by atoms with Crippen LogP contribution < -0.4 is 0 Å². The van der Waals surface area contributed by atoms with Gasteiger partial charge < -0.3 is 28.8 Å². The molecule has 0 radical (unpaired) electrons. The van der Waals surface area contributed by atoms with Crippen LogP contribution in [0, 0.1) is 0 Å². The number of methoxy groups -OCH3 is 1. The highest BCUT2D eigenvalue weighted by Crippen LogP contribution is 2.64. The summed E-state index contributed by atoms with van der Waals surface area (Å²) in [7, 11) is 1.35. The van der Waals surface area contributed by atoms with Crippen molar-refractivity contribution in [1.82, 2.24) is 0 Å². The molecule has 0 unspecified atom stereocenters. The molecule has 348 valence electrons. The molecule has 1 fully saturated rings. The van der Waals surface area contributed by atoms with Gasteiger partial charge in [0.15, 0.2) is 6.29 Å². The Morgan fingerprint density at radius 1 is 0.484 bits per heavy atom. The van der Waals surface area contributed by atoms with E-state index in [0.717, 1.165) is 11.1 Å². The van der Waals surface area contributed by atoms with Gasteiger partial charge in [-0.15, -0.1) is 0 Å². The number of benzene rings is 3. The van der Waals surface area contributed by atoms with Gasteiger partial charge in [-0.3, -0.25) is 0 Å². The first-order valence-corrected chi connectivity index (χ1v) is 18.1. The van der Waals surface area contributed by atoms with Crippen molar-refractivity contribution in [2.75, 3.05) is 13.7 Å². The molecule has 0 bridgehead atoms. The molecule has 62 heavy (non-hydrogen) atoms. The Bertz CT molecular complexity index is 1850. The SMILES string of the molecule is CO[C@H]1O[C@H](CO)[C@@H](OCc2ccc(CCCC(F)(F)C(F)(F)C(F)(F)C(F)(F)C(F)(F)C(F)(F)C(F)(F)C(F)(F)F)cc2)[C@H](OCc2ccccc2)[C@H]1OCc1ccccc1. The highest BCUT2D eigenvalue weighted by Gasteiger charge is 2.95. The number of rotatable bonds is 21. The minimum absolute atomic E-state index is 0.00105. The Balaban J connectivity index is 1.45. The summed E-state index contributed by atoms with van der Waals surface area (Å²) in [5.74, 6) is -56.5. The predicted molar refractivity (Wildman–Crippen MR) is 181 cm³/mol. The van der Waals surface area contributed by atoms with Gasteiger partial charge in [-0.25, -0.2) is 0 Å². The van der Waals surface area contributed by atoms with Crippen molar-refractivity contribution in [2.24, 2.45) is 0 Å². The lowest BCUT2D eigenvalue weighted by atomic mass is 9.87. The fourth-order valence-electron chi connectivity index (χ4n) is 6.18. The molecule has 0 spiro atoms. The normalized spacial score (nSPS) is 21.3. The van der Waals surface area contributed by atoms with Crippen LogP contribution in [-0.2, 0) is 49.9 Å². The minimum atomic E-state index is -8.67. The third-order valence-electron chi connectivity index (χ3n) is 9.78. The molecule has 23 heteroatoms. The largest absolute Gasteiger partial charge is 0.460 e. The molecule has 1 saturated heterocycles. The van der Waals surface area contributed by atoms with Crippen LogP contribution in [0.2, 0.25) is 0 Å². The summed E-state index contributed by atoms with van der Waals surface area (Å²) >= 11 is 0. The molecule has 3 aromatic rings. The van der Waals surface area contributed by atoms with Crippen LogP contribution in [0.4, 0.5) is 74.6 Å². The predicted octanol–water partition coefficient (Wildman–Crippen LogP) is 10.4. The van der Waals surface area contributed by atoms with Gasteiger partial charge in [0.05, 0.1) is 26.4 Å². The van der Waals surface area contributed by atoms with Gasteiger partial charge >= 0.3 is 47.6 Å². The Hall–Kier alpha value is -3.77. The van der Waals surface area contributed by atoms with Gasteiger partial charge in [-0.2, -0.15) is 74.6 Å². The lowest BCUT2D eigenvalue weighted by Gasteiger charge is -2.45. The maximum atomic E-state index is 14.4. The highest BCUT2D eigenvalue weighted by molar-refractivity contribution is 5.23. The maximum Gasteiger partial charge on any atom is 0.460 e. The van der Waals surface area contributed by atoms with Crippen LogP contribution in [-0.4, -0.2) is 97.2 Å². The second-order valence-electron chi connectivity index (χ2n) is 14.1. The summed E-state index contributed by atoms with van der Waals surface area (Å²) in [5.41, 5.74) is 1.89. The molecule has 0 amide bonds. The van der Waals surface area contributed by atoms with E-state index in [1.165, 1.54) is 31.4 Å². The minimum Gasteiger partial charge on any atom is -0.394 e. The van der Waals surface area contributed by atoms with Crippen LogP contribution in [0.3, 0.4) is 0 Å². The van der Waals surface area contributed by atoms with Gasteiger partial charge in [0.25, 0.3) is 0 Å². The Morgan fingerprint density at radius 3 is 1.31 bits per heavy atom. The van der Waals surface area contributed by atoms with E-state index in [9.17, 15) is 79.7 Å². The Morgan fingerprint density at radius 2 is 0.871 bits per heavy atom. The first-order valence-electron chi connectivity index (χ1n) is 18.1. The lowest BCUT2D eigenvalue weighted by molar-refractivity contribution is -0.461. The average molecular weight is 925 g/mol. The summed E-state index contributed by atoms with van der Waals surface area (Å²) in [6.45, 7) is -0.715. The van der Waals surface area contributed by atoms with Crippen molar-refractivity contribution >= 4 is 0 Å². The molecule has 0 aliphatic carbocycles. The van der Waals surface area contributed by atoms with Crippen LogP contribution in [0.5, 0.6) is 0 Å². The van der Waals surface area contributed by atoms with E-state index in [4.69, 9.17) is 23.7 Å². The molecule has 5 atom stereocenters. The fourth-order valence-corrected chi connectivity index (χ4v) is 6.18. The molecule has 1 aliphatic heterocycles. The molecule has 4 rings (SSSR count). The summed E-state index contributed by atoms with van der Waals surface area (Å²) < 4.78 is 262. The molecular weight excluding hydrogens is 887 g/mol. The fraction of sp³-hybridized carbons (Fsp3) is 0.538. The Kier molecular flexibility index (Phi) is 15.7. The standard InChI is InChI=1S/C39H37F17O6/c1-58-31-30(61-21-25-11-6-3-7-12-25)29(60-20-24-9-4-2-5-10-24)28(27(19-57)62-31)59-22-26-16-14-23(15-17-26)13-8-18-32(40,41)33(42,43)34(44,45)35(46,47)36(48,49)37(50,51)38(52,53)39(54,55)56/h2-7,9-12,14-17,27-31,57H,8,13,18-22H2,1H3/t27-,28-,29+,30-,31+/m1/s1. The molecule has 3 aromatic carbocycles. The van der Waals surface area contributed by atoms with Crippen LogP contribution in [0.25, 0.3) is 0 Å². The molecule has 0 saturated carbocycles. The van der Waals surface area contributed by atoms with Crippen molar-refractivity contribution in [1.29, 1.82) is 0 Å². The van der Waals surface area contributed by atoms with Crippen molar-refractivity contribution in [2.45, 2.75) is 117 Å². The van der Waals surface area contributed by atoms with E-state index >= 15 is 0 Å². The van der Waals surface area contributed by atoms with Gasteiger partial charge in [0.1, 0.15) is 24.4 Å². The molecule has 1 aliphatic rings. The second-order valence-corrected chi connectivity index (χ2v) is 14.1. The Labute approximate surface area is 341 Å². The maximum absolute atomic E-state index is 14.4. The van der Waals surface area contributed by atoms with E-state index in [-0.39, 0.29) is 25.4 Å². The van der Waals surface area contributed by atoms with Crippen LogP contribution >= 0.6 is 0 Å². The van der Waals surface area contributed by atoms with Gasteiger partial charge in [-0.1, -0.05) is 84.9 Å². The quantitative estimate of drug-likeness (QED) is 0.107. The lowest BCUT2D eigenvalue weighted by Crippen LogP contribution is -2.74. The van der Waals surface area contributed by atoms with Gasteiger partial charge in [0, 0.05) is 13.5 Å². The van der Waals surface area contributed by atoms with Gasteiger partial charge in [0.2, 0.25) is 0 Å². The van der Waals surface area contributed by atoms with E-state index < -0.39 is 104 Å². The molecule has 1 heterocycles. The molecular formula is C39H37F17O6. The third-order valence-corrected chi connectivity index (χ3v) is 9.78. The zero-order valence-corrected chi connectivity index (χ0v) is 31.8. The van der Waals surface area contributed by atoms with Crippen molar-refractivity contribution in [3.05, 3.63) is 107 Å². The summed E-state index contributed by atoms with van der Waals surface area (Å²) in [6.07, 6.45) is -17.4. The molecule has 6 nitrogen and oxygen atoms in total. The zero-order chi connectivity index (χ0) is 46.6. The highest BCUT2D eigenvalue weighted by atomic mass is 19.4. The number of aliphatic hydroxyl groups is 1. The summed E-state index contributed by atoms with van der Waals surface area (Å²) in [4.78, 5) is 0. The number of alkyl halides is 17. The molecule has 0 aromatic heterocycles. The van der Waals surface area contributed by atoms with Crippen molar-refractivity contribution in [3.8, 4) is 0 Å². The smallest absolute Gasteiger partial charge is 0.394 e. The zero-order valence-electron chi connectivity index (χ0n) is 31.8. The summed E-state index contributed by atoms with van der Waals surface area (Å²) in [5, 5.41) is 10.2. The van der Waals surface area contributed by atoms with Gasteiger partial charge in [-0.05, 0) is 35.1 Å². The van der Waals surface area contributed by atoms with Crippen LogP contribution in [0.15, 0.2) is 84.9 Å². The monoisotopic (exact) mass is 924 g/mol.